The molecule has 9 heterocycles. The van der Waals surface area contributed by atoms with E-state index in [1.165, 1.54) is 0 Å². The highest BCUT2D eigenvalue weighted by Gasteiger charge is 2.51. The summed E-state index contributed by atoms with van der Waals surface area (Å²) >= 11 is 0. The number of hydrogen-bond donors (Lipinski definition) is 5. The van der Waals surface area contributed by atoms with Gasteiger partial charge in [-0.2, -0.15) is 0 Å². The van der Waals surface area contributed by atoms with Crippen molar-refractivity contribution in [1.82, 2.24) is 29.7 Å². The van der Waals surface area contributed by atoms with Gasteiger partial charge in [0.1, 0.15) is 70.8 Å². The van der Waals surface area contributed by atoms with Crippen molar-refractivity contribution in [3.63, 3.8) is 0 Å². The molecule has 5 atom stereocenters. The SMILES string of the molecule is CC(C)C[C@H](N)C(=O)OC(C)(C)C.CC(C)C[C@H](NC(=O)CCC(=O)O)C(=O)OC(C)(C)C.CCc1c2c(nc3ccc(OC(=O)OC(C)(C)C)cc13)-c1cc3c(c(=O)n1C2)COC(=O)[C@@]3(CC)OC(=O)CCC(=O)N[C@@H](CC(C)C)C(=O)OC(C)(C)C.CCc1c2c(nc3ccc(OC(=O)OC(C)(C)C)cc13)-c1cc3c(c(=O)n1C2)COC(=O)[C@]3(O)CC.O=C1CCC(=O)O1. The van der Waals surface area contributed by atoms with Gasteiger partial charge in [0.05, 0.1) is 83.7 Å². The molecule has 0 bridgehead atoms. The maximum absolute atomic E-state index is 14.1. The first kappa shape index (κ1) is 106. The molecular weight excluding hydrogens is 1700 g/mol. The van der Waals surface area contributed by atoms with E-state index < -0.39 is 141 Å². The molecular formula is C96H129N7O28. The molecule has 0 saturated carbocycles. The predicted octanol–water partition coefficient (Wildman–Crippen LogP) is 13.4. The van der Waals surface area contributed by atoms with Crippen LogP contribution >= 0.6 is 0 Å². The summed E-state index contributed by atoms with van der Waals surface area (Å²) in [6.45, 7) is 45.6. The summed E-state index contributed by atoms with van der Waals surface area (Å²) in [6.07, 6.45) is 0.495. The molecule has 1 saturated heterocycles. The van der Waals surface area contributed by atoms with E-state index in [2.05, 4.69) is 15.4 Å². The number of carbonyl (C=O) groups excluding carboxylic acids is 12. The number of aliphatic carboxylic acids is 1. The zero-order valence-electron chi connectivity index (χ0n) is 80.0. The Morgan fingerprint density at radius 1 is 0.489 bits per heavy atom. The van der Waals surface area contributed by atoms with Crippen LogP contribution in [0.25, 0.3) is 44.6 Å². The van der Waals surface area contributed by atoms with Crippen LogP contribution in [0, 0.1) is 17.8 Å². The number of aryl methyl sites for hydroxylation is 2. The van der Waals surface area contributed by atoms with Crippen LogP contribution in [-0.4, -0.2) is 153 Å². The van der Waals surface area contributed by atoms with Crippen LogP contribution in [0.4, 0.5) is 9.59 Å². The topological polar surface area (TPSA) is 484 Å². The summed E-state index contributed by atoms with van der Waals surface area (Å²) in [5.74, 6) is -5.36. The van der Waals surface area contributed by atoms with Crippen LogP contribution in [0.5, 0.6) is 11.5 Å². The second-order valence-corrected chi connectivity index (χ2v) is 38.8. The lowest BCUT2D eigenvalue weighted by atomic mass is 9.85. The Morgan fingerprint density at radius 3 is 1.23 bits per heavy atom. The molecule has 35 nitrogen and oxygen atoms in total. The number of fused-ring (bicyclic) bond motifs is 10. The van der Waals surface area contributed by atoms with Crippen molar-refractivity contribution in [2.24, 2.45) is 23.5 Å². The first-order chi connectivity index (χ1) is 60.6. The minimum absolute atomic E-state index is 0.0482. The van der Waals surface area contributed by atoms with Gasteiger partial charge < -0.3 is 87.8 Å². The van der Waals surface area contributed by atoms with Crippen molar-refractivity contribution in [1.29, 1.82) is 0 Å². The van der Waals surface area contributed by atoms with Gasteiger partial charge >= 0.3 is 66.0 Å². The van der Waals surface area contributed by atoms with Gasteiger partial charge in [0.25, 0.3) is 11.1 Å². The Kier molecular flexibility index (Phi) is 35.1. The Morgan fingerprint density at radius 2 is 0.870 bits per heavy atom. The van der Waals surface area contributed by atoms with E-state index in [4.69, 9.17) is 68.2 Å². The lowest BCUT2D eigenvalue weighted by Gasteiger charge is -2.35. The Labute approximate surface area is 762 Å². The minimum Gasteiger partial charge on any atom is -0.481 e. The molecule has 0 radical (unpaired) electrons. The fourth-order valence-electron chi connectivity index (χ4n) is 14.9. The number of pyridine rings is 4. The van der Waals surface area contributed by atoms with Crippen LogP contribution in [0.1, 0.15) is 288 Å². The van der Waals surface area contributed by atoms with Crippen molar-refractivity contribution >= 4 is 99.7 Å². The quantitative estimate of drug-likeness (QED) is 0.0162. The number of aliphatic hydroxyl groups is 1. The number of aromatic nitrogens is 4. The average Bonchev–Trinajstić information content (AvgIpc) is 1.60. The summed E-state index contributed by atoms with van der Waals surface area (Å²) in [5.41, 5.74) is 5.83. The monoisotopic (exact) mass is 1830 g/mol. The number of amides is 2. The fraction of sp³-hybridized carbons (Fsp3) is 0.573. The molecule has 0 aliphatic carbocycles. The molecule has 6 N–H and O–H groups in total. The number of esters is 8. The molecule has 716 valence electrons. The number of rotatable bonds is 24. The predicted molar refractivity (Wildman–Crippen MR) is 480 cm³/mol. The number of nitrogens with zero attached hydrogens (tertiary/aromatic N) is 4. The third-order valence-electron chi connectivity index (χ3n) is 20.5. The van der Waals surface area contributed by atoms with E-state index >= 15 is 0 Å². The van der Waals surface area contributed by atoms with Crippen LogP contribution in [0.15, 0.2) is 58.1 Å². The number of carbonyl (C=O) groups is 13. The van der Waals surface area contributed by atoms with E-state index in [1.807, 2.05) is 76.2 Å². The number of hydrogen-bond acceptors (Lipinski definition) is 30. The van der Waals surface area contributed by atoms with Gasteiger partial charge in [0.2, 0.25) is 17.4 Å². The van der Waals surface area contributed by atoms with Crippen molar-refractivity contribution < 1.29 is 125 Å². The first-order valence-corrected chi connectivity index (χ1v) is 44.2. The maximum atomic E-state index is 14.1. The van der Waals surface area contributed by atoms with Gasteiger partial charge in [-0.1, -0.05) is 69.2 Å². The number of nitrogens with one attached hydrogen (secondary N) is 2. The number of carboxylic acid groups (broad SMARTS) is 1. The van der Waals surface area contributed by atoms with Crippen LogP contribution in [0.3, 0.4) is 0 Å². The molecule has 2 amide bonds. The summed E-state index contributed by atoms with van der Waals surface area (Å²) in [5, 5.41) is 26.4. The fourth-order valence-corrected chi connectivity index (χ4v) is 14.9. The number of benzene rings is 2. The largest absolute Gasteiger partial charge is 0.514 e. The molecule has 131 heavy (non-hydrogen) atoms. The smallest absolute Gasteiger partial charge is 0.481 e. The van der Waals surface area contributed by atoms with E-state index in [0.717, 1.165) is 33.0 Å². The second-order valence-electron chi connectivity index (χ2n) is 38.8. The zero-order valence-corrected chi connectivity index (χ0v) is 80.0. The average molecular weight is 1830 g/mol. The van der Waals surface area contributed by atoms with Crippen molar-refractivity contribution in [3.05, 3.63) is 114 Å². The van der Waals surface area contributed by atoms with Crippen molar-refractivity contribution in [2.45, 2.75) is 340 Å². The van der Waals surface area contributed by atoms with Crippen LogP contribution < -0.4 is 37.0 Å². The summed E-state index contributed by atoms with van der Waals surface area (Å²) < 4.78 is 61.0. The molecule has 5 aliphatic heterocycles. The normalized spacial score (nSPS) is 16.5. The second kappa shape index (κ2) is 43.4. The minimum atomic E-state index is -1.95. The standard InChI is InChI=1S/C41H51N3O11.C27H28N2O7.C14H25NO5.C10H21NO2.C4H4O3/c1-11-24-25-18-23(52-38(50)55-40(8,9)10)13-14-29(25)43-34-26(24)20-44-31(34)19-28-27(35(44)47)21-51-37(49)41(28,12-2)53-33(46)16-15-32(45)42-30(17-22(3)4)36(48)54-39(5,6)7;1-6-15-16-10-14(35-25(32)36-26(3,4)5)8-9-20(16)28-22-17(15)12-29-21(22)11-19-18(23(29)30)13-34-24(31)27(19,33)7-2;1-9(2)8-10(13(19)20-14(3,4)5)15-11(16)6-7-12(17)18;1-7(2)6-8(11)9(12)13-10(3,4)5;5-3-1-2-4(6)7-3/h13-14,18-19,22,30H,11-12,15-17,20-21H2,1-10H3,(H,42,45);8-11,33H,6-7,12-13H2,1-5H3;9-10H,6-8H2,1-5H3,(H,15,16)(H,17,18);7-8H,6,11H2,1-5H3;1-2H2/t30-,41-;27-;10-;8-;/m0000./s1. The molecule has 1 fully saturated rings. The van der Waals surface area contributed by atoms with E-state index in [9.17, 15) is 77.0 Å². The van der Waals surface area contributed by atoms with Crippen LogP contribution in [0.2, 0.25) is 0 Å². The van der Waals surface area contributed by atoms with Gasteiger partial charge in [-0.15, -0.1) is 0 Å². The van der Waals surface area contributed by atoms with E-state index in [0.29, 0.717) is 84.1 Å². The van der Waals surface area contributed by atoms with Gasteiger partial charge in [0, 0.05) is 45.9 Å². The van der Waals surface area contributed by atoms with E-state index in [1.54, 1.807) is 155 Å². The highest BCUT2D eigenvalue weighted by atomic mass is 16.7. The lowest BCUT2D eigenvalue weighted by molar-refractivity contribution is -0.189. The molecule has 11 rings (SSSR count). The Balaban J connectivity index is 0.000000261. The number of nitrogens with two attached hydrogens (primary N) is 1. The van der Waals surface area contributed by atoms with Crippen LogP contribution in [-0.2, 0) is 146 Å². The highest BCUT2D eigenvalue weighted by Crippen LogP contribution is 2.45. The highest BCUT2D eigenvalue weighted by molar-refractivity contribution is 5.95. The third-order valence-corrected chi connectivity index (χ3v) is 20.5. The molecule has 4 aromatic heterocycles. The van der Waals surface area contributed by atoms with Crippen molar-refractivity contribution in [3.8, 4) is 34.3 Å². The van der Waals surface area contributed by atoms with Crippen molar-refractivity contribution in [2.75, 3.05) is 0 Å². The molecule has 0 unspecified atom stereocenters. The van der Waals surface area contributed by atoms with Gasteiger partial charge in [0.15, 0.2) is 5.60 Å². The maximum Gasteiger partial charge on any atom is 0.514 e. The number of ether oxygens (including phenoxy) is 11. The summed E-state index contributed by atoms with van der Waals surface area (Å²) in [6, 6.07) is 11.4. The van der Waals surface area contributed by atoms with Gasteiger partial charge in [-0.05, 0) is 226 Å². The molecule has 5 aliphatic rings. The molecule has 35 heteroatoms. The third kappa shape index (κ3) is 28.7. The zero-order chi connectivity index (χ0) is 98.5. The Bertz CT molecular complexity index is 5460. The lowest BCUT2D eigenvalue weighted by Crippen LogP contribution is -2.47. The number of carboxylic acids is 1. The van der Waals surface area contributed by atoms with Gasteiger partial charge in [-0.3, -0.25) is 43.2 Å². The Hall–Kier alpha value is -12.0. The molecule has 2 aromatic carbocycles. The molecule has 6 aromatic rings. The number of cyclic esters (lactones) is 4. The summed E-state index contributed by atoms with van der Waals surface area (Å²) in [7, 11) is 0. The first-order valence-electron chi connectivity index (χ1n) is 44.2. The summed E-state index contributed by atoms with van der Waals surface area (Å²) in [4.78, 5) is 192. The van der Waals surface area contributed by atoms with E-state index in [-0.39, 0.29) is 116 Å². The molecule has 0 spiro atoms. The van der Waals surface area contributed by atoms with Gasteiger partial charge in [-0.25, -0.2) is 38.7 Å².